The molecule has 2 aromatic heterocycles. The van der Waals surface area contributed by atoms with Crippen molar-refractivity contribution in [3.8, 4) is 6.07 Å². The van der Waals surface area contributed by atoms with Crippen molar-refractivity contribution in [2.75, 3.05) is 5.32 Å². The van der Waals surface area contributed by atoms with Crippen molar-refractivity contribution < 1.29 is 4.52 Å². The molecule has 2 rings (SSSR count). The van der Waals surface area contributed by atoms with Crippen LogP contribution in [0.25, 0.3) is 0 Å². The first-order chi connectivity index (χ1) is 7.78. The minimum absolute atomic E-state index is 0.322. The van der Waals surface area contributed by atoms with E-state index in [1.54, 1.807) is 13.0 Å². The molecule has 0 radical (unpaired) electrons. The van der Waals surface area contributed by atoms with E-state index in [0.717, 1.165) is 5.69 Å². The molecule has 0 amide bonds. The lowest BCUT2D eigenvalue weighted by atomic mass is 10.3. The summed E-state index contributed by atoms with van der Waals surface area (Å²) in [6.45, 7) is 2.15. The highest BCUT2D eigenvalue weighted by atomic mass is 16.5. The molecule has 2 heterocycles. The van der Waals surface area contributed by atoms with Gasteiger partial charge >= 0.3 is 0 Å². The second-order valence-corrected chi connectivity index (χ2v) is 3.03. The average Bonchev–Trinajstić information content (AvgIpc) is 2.78. The first kappa shape index (κ1) is 10.0. The molecule has 0 saturated heterocycles. The second-order valence-electron chi connectivity index (χ2n) is 3.03. The molecule has 0 atom stereocenters. The minimum atomic E-state index is 0.322. The zero-order valence-electron chi connectivity index (χ0n) is 8.51. The Hall–Kier alpha value is -2.49. The Morgan fingerprint density at radius 2 is 2.38 bits per heavy atom. The standard InChI is InChI=1S/C9H8N6O/c1-6-2-7(3-10)14-9(13-6)11-4-8-12-5-16-15-8/h2,5H,4H2,1H3,(H,11,13,14). The molecule has 0 bridgehead atoms. The smallest absolute Gasteiger partial charge is 0.224 e. The van der Waals surface area contributed by atoms with Gasteiger partial charge in [0.25, 0.3) is 0 Å². The topological polar surface area (TPSA) is 101 Å². The van der Waals surface area contributed by atoms with Crippen LogP contribution in [0.2, 0.25) is 0 Å². The van der Waals surface area contributed by atoms with Crippen LogP contribution in [-0.2, 0) is 6.54 Å². The third kappa shape index (κ3) is 2.30. The highest BCUT2D eigenvalue weighted by Gasteiger charge is 2.03. The second kappa shape index (κ2) is 4.35. The van der Waals surface area contributed by atoms with E-state index in [2.05, 4.69) is 29.9 Å². The van der Waals surface area contributed by atoms with Crippen LogP contribution in [0.3, 0.4) is 0 Å². The first-order valence-corrected chi connectivity index (χ1v) is 4.53. The summed E-state index contributed by atoms with van der Waals surface area (Å²) in [5.41, 5.74) is 1.05. The minimum Gasteiger partial charge on any atom is -0.347 e. The molecule has 0 fully saturated rings. The van der Waals surface area contributed by atoms with Crippen LogP contribution in [0.15, 0.2) is 17.0 Å². The summed E-state index contributed by atoms with van der Waals surface area (Å²) in [7, 11) is 0. The summed E-state index contributed by atoms with van der Waals surface area (Å²) in [4.78, 5) is 11.9. The molecule has 80 valence electrons. The summed E-state index contributed by atoms with van der Waals surface area (Å²) in [5.74, 6) is 0.880. The van der Waals surface area contributed by atoms with E-state index in [1.807, 2.05) is 6.07 Å². The Morgan fingerprint density at radius 1 is 1.50 bits per heavy atom. The van der Waals surface area contributed by atoms with Gasteiger partial charge in [-0.15, -0.1) is 0 Å². The van der Waals surface area contributed by atoms with Crippen LogP contribution in [0, 0.1) is 18.3 Å². The molecule has 0 saturated carbocycles. The van der Waals surface area contributed by atoms with Crippen molar-refractivity contribution in [1.82, 2.24) is 20.1 Å². The maximum absolute atomic E-state index is 8.73. The van der Waals surface area contributed by atoms with E-state index < -0.39 is 0 Å². The Bertz CT molecular complexity index is 515. The summed E-state index contributed by atoms with van der Waals surface area (Å²) in [5, 5.41) is 15.3. The maximum atomic E-state index is 8.73. The molecule has 0 aliphatic heterocycles. The average molecular weight is 216 g/mol. The van der Waals surface area contributed by atoms with Gasteiger partial charge in [-0.1, -0.05) is 5.16 Å². The Kier molecular flexibility index (Phi) is 2.73. The van der Waals surface area contributed by atoms with Gasteiger partial charge in [0.05, 0.1) is 6.54 Å². The zero-order valence-corrected chi connectivity index (χ0v) is 8.51. The molecule has 2 aromatic rings. The van der Waals surface area contributed by atoms with Gasteiger partial charge in [-0.3, -0.25) is 0 Å². The van der Waals surface area contributed by atoms with E-state index in [0.29, 0.717) is 24.0 Å². The van der Waals surface area contributed by atoms with Gasteiger partial charge in [0.1, 0.15) is 11.8 Å². The van der Waals surface area contributed by atoms with Gasteiger partial charge in [0, 0.05) is 5.69 Å². The highest BCUT2D eigenvalue weighted by molar-refractivity contribution is 5.32. The van der Waals surface area contributed by atoms with Crippen molar-refractivity contribution in [3.05, 3.63) is 29.7 Å². The molecule has 7 heteroatoms. The molecule has 0 aliphatic carbocycles. The van der Waals surface area contributed by atoms with Crippen molar-refractivity contribution >= 4 is 5.95 Å². The molecule has 0 aromatic carbocycles. The maximum Gasteiger partial charge on any atom is 0.224 e. The Labute approximate surface area is 91.2 Å². The first-order valence-electron chi connectivity index (χ1n) is 4.53. The normalized spacial score (nSPS) is 9.75. The number of nitrogens with one attached hydrogen (secondary N) is 1. The number of rotatable bonds is 3. The van der Waals surface area contributed by atoms with Crippen LogP contribution in [0.4, 0.5) is 5.95 Å². The van der Waals surface area contributed by atoms with Gasteiger partial charge in [-0.05, 0) is 13.0 Å². The van der Waals surface area contributed by atoms with E-state index in [1.165, 1.54) is 6.39 Å². The number of nitriles is 1. The third-order valence-corrected chi connectivity index (χ3v) is 1.78. The lowest BCUT2D eigenvalue weighted by molar-refractivity contribution is 0.411. The molecule has 16 heavy (non-hydrogen) atoms. The lowest BCUT2D eigenvalue weighted by Gasteiger charge is -2.02. The Balaban J connectivity index is 2.10. The number of hydrogen-bond donors (Lipinski definition) is 1. The SMILES string of the molecule is Cc1cc(C#N)nc(NCc2ncon2)n1. The molecule has 0 spiro atoms. The van der Waals surface area contributed by atoms with Crippen molar-refractivity contribution in [1.29, 1.82) is 5.26 Å². The number of aromatic nitrogens is 4. The van der Waals surface area contributed by atoms with Crippen LogP contribution < -0.4 is 5.32 Å². The van der Waals surface area contributed by atoms with Gasteiger partial charge in [-0.25, -0.2) is 9.97 Å². The van der Waals surface area contributed by atoms with E-state index in [4.69, 9.17) is 5.26 Å². The van der Waals surface area contributed by atoms with Crippen molar-refractivity contribution in [2.45, 2.75) is 13.5 Å². The van der Waals surface area contributed by atoms with Crippen molar-refractivity contribution in [2.24, 2.45) is 0 Å². The van der Waals surface area contributed by atoms with Gasteiger partial charge in [-0.2, -0.15) is 10.2 Å². The van der Waals surface area contributed by atoms with Crippen LogP contribution in [-0.4, -0.2) is 20.1 Å². The fraction of sp³-hybridized carbons (Fsp3) is 0.222. The Morgan fingerprint density at radius 3 is 3.06 bits per heavy atom. The largest absolute Gasteiger partial charge is 0.347 e. The van der Waals surface area contributed by atoms with E-state index in [9.17, 15) is 0 Å². The van der Waals surface area contributed by atoms with Gasteiger partial charge in [0.15, 0.2) is 5.82 Å². The van der Waals surface area contributed by atoms with Gasteiger partial charge < -0.3 is 9.84 Å². The molecule has 7 nitrogen and oxygen atoms in total. The van der Waals surface area contributed by atoms with Crippen molar-refractivity contribution in [3.63, 3.8) is 0 Å². The molecule has 0 unspecified atom stereocenters. The summed E-state index contributed by atoms with van der Waals surface area (Å²) in [6, 6.07) is 3.57. The molecule has 1 N–H and O–H groups in total. The fourth-order valence-corrected chi connectivity index (χ4v) is 1.13. The predicted molar refractivity (Wildman–Crippen MR) is 53.1 cm³/mol. The van der Waals surface area contributed by atoms with Crippen LogP contribution in [0.5, 0.6) is 0 Å². The molecular formula is C9H8N6O. The summed E-state index contributed by atoms with van der Waals surface area (Å²) >= 11 is 0. The van der Waals surface area contributed by atoms with Gasteiger partial charge in [0.2, 0.25) is 12.3 Å². The summed E-state index contributed by atoms with van der Waals surface area (Å²) in [6.07, 6.45) is 1.24. The third-order valence-electron chi connectivity index (χ3n) is 1.78. The number of hydrogen-bond acceptors (Lipinski definition) is 7. The number of nitrogens with zero attached hydrogens (tertiary/aromatic N) is 5. The number of anilines is 1. The van der Waals surface area contributed by atoms with Crippen LogP contribution >= 0.6 is 0 Å². The summed E-state index contributed by atoms with van der Waals surface area (Å²) < 4.78 is 4.58. The quantitative estimate of drug-likeness (QED) is 0.803. The zero-order chi connectivity index (χ0) is 11.4. The molecule has 0 aliphatic rings. The lowest BCUT2D eigenvalue weighted by Crippen LogP contribution is -2.06. The number of aryl methyl sites for hydroxylation is 1. The monoisotopic (exact) mass is 216 g/mol. The highest BCUT2D eigenvalue weighted by Crippen LogP contribution is 2.04. The predicted octanol–water partition coefficient (Wildman–Crippen LogP) is 0.652. The molecular weight excluding hydrogens is 208 g/mol. The fourth-order valence-electron chi connectivity index (χ4n) is 1.13. The van der Waals surface area contributed by atoms with E-state index >= 15 is 0 Å². The van der Waals surface area contributed by atoms with E-state index in [-0.39, 0.29) is 0 Å². The van der Waals surface area contributed by atoms with Crippen LogP contribution in [0.1, 0.15) is 17.2 Å².